The summed E-state index contributed by atoms with van der Waals surface area (Å²) in [6.07, 6.45) is -3.68. The van der Waals surface area contributed by atoms with Crippen molar-refractivity contribution in [1.82, 2.24) is 4.98 Å². The lowest BCUT2D eigenvalue weighted by Gasteiger charge is -2.11. The van der Waals surface area contributed by atoms with Crippen molar-refractivity contribution in [2.24, 2.45) is 0 Å². The third-order valence-corrected chi connectivity index (χ3v) is 1.59. The Labute approximate surface area is 82.4 Å². The summed E-state index contributed by atoms with van der Waals surface area (Å²) in [6.45, 7) is 0. The fourth-order valence-corrected chi connectivity index (χ4v) is 0.981. The van der Waals surface area contributed by atoms with Gasteiger partial charge in [0.2, 0.25) is 5.88 Å². The molecule has 0 atom stereocenters. The third-order valence-electron chi connectivity index (χ3n) is 1.24. The van der Waals surface area contributed by atoms with Gasteiger partial charge in [0.1, 0.15) is 5.02 Å². The van der Waals surface area contributed by atoms with Crippen molar-refractivity contribution in [1.29, 1.82) is 0 Å². The van der Waals surface area contributed by atoms with E-state index >= 15 is 0 Å². The first-order chi connectivity index (χ1) is 6.44. The number of nitrogens with zero attached hydrogens (tertiary/aromatic N) is 1. The monoisotopic (exact) mass is 227 g/mol. The molecule has 0 aliphatic carbocycles. The van der Waals surface area contributed by atoms with Crippen LogP contribution < -0.4 is 9.47 Å². The average Bonchev–Trinajstić information content (AvgIpc) is 2.06. The van der Waals surface area contributed by atoms with E-state index in [0.29, 0.717) is 0 Å². The second-order valence-corrected chi connectivity index (χ2v) is 2.56. The van der Waals surface area contributed by atoms with Gasteiger partial charge in [-0.15, -0.1) is 13.2 Å². The second kappa shape index (κ2) is 3.91. The fraction of sp³-hybridized carbons (Fsp3) is 0.286. The van der Waals surface area contributed by atoms with Gasteiger partial charge in [0.15, 0.2) is 5.75 Å². The predicted molar refractivity (Wildman–Crippen MR) is 42.5 cm³/mol. The lowest BCUT2D eigenvalue weighted by molar-refractivity contribution is -0.274. The van der Waals surface area contributed by atoms with E-state index in [9.17, 15) is 13.2 Å². The Kier molecular flexibility index (Phi) is 3.05. The van der Waals surface area contributed by atoms with E-state index in [-0.39, 0.29) is 10.9 Å². The fourth-order valence-electron chi connectivity index (χ4n) is 0.754. The first-order valence-corrected chi connectivity index (χ1v) is 3.76. The van der Waals surface area contributed by atoms with Crippen LogP contribution in [-0.4, -0.2) is 18.5 Å². The molecule has 0 aliphatic rings. The molecule has 0 saturated heterocycles. The zero-order valence-electron chi connectivity index (χ0n) is 6.93. The number of rotatable bonds is 2. The zero-order chi connectivity index (χ0) is 10.8. The maximum atomic E-state index is 11.8. The van der Waals surface area contributed by atoms with Crippen molar-refractivity contribution >= 4 is 11.6 Å². The summed E-state index contributed by atoms with van der Waals surface area (Å²) < 4.78 is 43.7. The molecule has 0 fully saturated rings. The molecular formula is C7H5ClF3NO2. The van der Waals surface area contributed by atoms with Gasteiger partial charge in [-0.3, -0.25) is 0 Å². The van der Waals surface area contributed by atoms with Gasteiger partial charge in [-0.05, 0) is 0 Å². The maximum Gasteiger partial charge on any atom is 0.573 e. The number of ether oxygens (including phenoxy) is 2. The summed E-state index contributed by atoms with van der Waals surface area (Å²) in [6, 6.07) is 0.998. The van der Waals surface area contributed by atoms with Crippen LogP contribution in [0.4, 0.5) is 13.2 Å². The lowest BCUT2D eigenvalue weighted by Crippen LogP contribution is -2.17. The largest absolute Gasteiger partial charge is 0.573 e. The Morgan fingerprint density at radius 2 is 2.07 bits per heavy atom. The van der Waals surface area contributed by atoms with Gasteiger partial charge in [0.25, 0.3) is 0 Å². The molecule has 1 aromatic heterocycles. The molecule has 0 N–H and O–H groups in total. The molecular weight excluding hydrogens is 223 g/mol. The number of methoxy groups -OCH3 is 1. The van der Waals surface area contributed by atoms with E-state index in [0.717, 1.165) is 12.3 Å². The molecule has 1 heterocycles. The molecule has 0 radical (unpaired) electrons. The summed E-state index contributed by atoms with van der Waals surface area (Å²) in [5.41, 5.74) is 0. The summed E-state index contributed by atoms with van der Waals surface area (Å²) in [5.74, 6) is -0.653. The van der Waals surface area contributed by atoms with Gasteiger partial charge in [-0.1, -0.05) is 11.6 Å². The van der Waals surface area contributed by atoms with Crippen LogP contribution >= 0.6 is 11.6 Å². The van der Waals surface area contributed by atoms with Crippen LogP contribution in [0.1, 0.15) is 0 Å². The van der Waals surface area contributed by atoms with E-state index in [1.807, 2.05) is 0 Å². The van der Waals surface area contributed by atoms with Gasteiger partial charge in [-0.25, -0.2) is 4.98 Å². The third kappa shape index (κ3) is 2.66. The van der Waals surface area contributed by atoms with Crippen molar-refractivity contribution in [3.05, 3.63) is 17.3 Å². The topological polar surface area (TPSA) is 31.4 Å². The van der Waals surface area contributed by atoms with Crippen LogP contribution in [0.15, 0.2) is 12.3 Å². The molecule has 0 bridgehead atoms. The molecule has 1 rings (SSSR count). The minimum absolute atomic E-state index is 0.117. The second-order valence-electron chi connectivity index (χ2n) is 2.18. The van der Waals surface area contributed by atoms with Gasteiger partial charge in [0, 0.05) is 12.3 Å². The summed E-state index contributed by atoms with van der Waals surface area (Å²) >= 11 is 5.50. The highest BCUT2D eigenvalue weighted by molar-refractivity contribution is 6.33. The van der Waals surface area contributed by atoms with Crippen molar-refractivity contribution in [2.45, 2.75) is 6.36 Å². The van der Waals surface area contributed by atoms with Gasteiger partial charge in [0.05, 0.1) is 7.11 Å². The van der Waals surface area contributed by atoms with Crippen molar-refractivity contribution < 1.29 is 22.6 Å². The molecule has 3 nitrogen and oxygen atoms in total. The summed E-state index contributed by atoms with van der Waals surface area (Å²) in [5, 5.41) is -0.313. The highest BCUT2D eigenvalue weighted by Crippen LogP contribution is 2.34. The van der Waals surface area contributed by atoms with Crippen LogP contribution in [0.3, 0.4) is 0 Å². The number of halogens is 4. The average molecular weight is 228 g/mol. The molecule has 14 heavy (non-hydrogen) atoms. The maximum absolute atomic E-state index is 11.8. The van der Waals surface area contributed by atoms with Crippen LogP contribution in [0.5, 0.6) is 11.6 Å². The number of hydrogen-bond acceptors (Lipinski definition) is 3. The van der Waals surface area contributed by atoms with Crippen LogP contribution in [0.25, 0.3) is 0 Å². The molecule has 0 saturated carbocycles. The smallest absolute Gasteiger partial charge is 0.480 e. The molecule has 7 heteroatoms. The number of aromatic nitrogens is 1. The Bertz CT molecular complexity index is 329. The number of alkyl halides is 3. The standard InChI is InChI=1S/C7H5ClF3NO2/c1-13-6-5(8)4(2-3-12-6)14-7(9,10)11/h2-3H,1H3. The highest BCUT2D eigenvalue weighted by Gasteiger charge is 2.32. The predicted octanol–water partition coefficient (Wildman–Crippen LogP) is 2.64. The van der Waals surface area contributed by atoms with Crippen LogP contribution in [0, 0.1) is 0 Å². The highest BCUT2D eigenvalue weighted by atomic mass is 35.5. The molecule has 1 aromatic rings. The number of pyridine rings is 1. The van der Waals surface area contributed by atoms with Crippen LogP contribution in [-0.2, 0) is 0 Å². The molecule has 0 aliphatic heterocycles. The van der Waals surface area contributed by atoms with E-state index < -0.39 is 12.1 Å². The van der Waals surface area contributed by atoms with E-state index in [1.165, 1.54) is 7.11 Å². The van der Waals surface area contributed by atoms with E-state index in [1.54, 1.807) is 0 Å². The Hall–Kier alpha value is -1.17. The Morgan fingerprint density at radius 1 is 1.43 bits per heavy atom. The Balaban J connectivity index is 2.98. The van der Waals surface area contributed by atoms with Crippen molar-refractivity contribution in [2.75, 3.05) is 7.11 Å². The molecule has 0 unspecified atom stereocenters. The molecule has 0 amide bonds. The van der Waals surface area contributed by atoms with Gasteiger partial charge < -0.3 is 9.47 Å². The van der Waals surface area contributed by atoms with Crippen molar-refractivity contribution in [3.8, 4) is 11.6 Å². The lowest BCUT2D eigenvalue weighted by atomic mass is 10.4. The van der Waals surface area contributed by atoms with Crippen molar-refractivity contribution in [3.63, 3.8) is 0 Å². The quantitative estimate of drug-likeness (QED) is 0.778. The van der Waals surface area contributed by atoms with E-state index in [4.69, 9.17) is 11.6 Å². The number of hydrogen-bond donors (Lipinski definition) is 0. The molecule has 0 aromatic carbocycles. The SMILES string of the molecule is COc1nccc(OC(F)(F)F)c1Cl. The van der Waals surface area contributed by atoms with Crippen LogP contribution in [0.2, 0.25) is 5.02 Å². The zero-order valence-corrected chi connectivity index (χ0v) is 7.69. The van der Waals surface area contributed by atoms with Gasteiger partial charge in [-0.2, -0.15) is 0 Å². The molecule has 78 valence electrons. The first kappa shape index (κ1) is 10.9. The van der Waals surface area contributed by atoms with Gasteiger partial charge >= 0.3 is 6.36 Å². The minimum Gasteiger partial charge on any atom is -0.480 e. The molecule has 0 spiro atoms. The van der Waals surface area contributed by atoms with E-state index in [2.05, 4.69) is 14.5 Å². The minimum atomic E-state index is -4.78. The normalized spacial score (nSPS) is 11.2. The Morgan fingerprint density at radius 3 is 2.57 bits per heavy atom. The summed E-state index contributed by atoms with van der Waals surface area (Å²) in [4.78, 5) is 3.59. The first-order valence-electron chi connectivity index (χ1n) is 3.38. The summed E-state index contributed by atoms with van der Waals surface area (Å²) in [7, 11) is 1.24.